The van der Waals surface area contributed by atoms with Gasteiger partial charge in [0.15, 0.2) is 0 Å². The van der Waals surface area contributed by atoms with Crippen molar-refractivity contribution in [3.05, 3.63) is 23.3 Å². The minimum atomic E-state index is -0.743. The quantitative estimate of drug-likeness (QED) is 0.872. The lowest BCUT2D eigenvalue weighted by atomic mass is 9.85. The number of carbonyl (C=O) groups is 1. The Morgan fingerprint density at radius 2 is 2.35 bits per heavy atom. The van der Waals surface area contributed by atoms with Gasteiger partial charge in [0.2, 0.25) is 0 Å². The molecule has 1 unspecified atom stereocenters. The van der Waals surface area contributed by atoms with E-state index in [1.165, 1.54) is 0 Å². The molecule has 4 nitrogen and oxygen atoms in total. The molecule has 4 heteroatoms. The maximum Gasteiger partial charge on any atom is 0.304 e. The molecule has 2 rings (SSSR count). The second-order valence-electron chi connectivity index (χ2n) is 4.98. The van der Waals surface area contributed by atoms with Crippen molar-refractivity contribution in [1.29, 1.82) is 0 Å². The van der Waals surface area contributed by atoms with Gasteiger partial charge in [-0.25, -0.2) is 9.97 Å². The fourth-order valence-electron chi connectivity index (χ4n) is 2.34. The van der Waals surface area contributed by atoms with Crippen molar-refractivity contribution >= 4 is 5.97 Å². The predicted molar refractivity (Wildman–Crippen MR) is 64.1 cm³/mol. The molecule has 17 heavy (non-hydrogen) atoms. The summed E-state index contributed by atoms with van der Waals surface area (Å²) in [7, 11) is 0. The summed E-state index contributed by atoms with van der Waals surface area (Å²) < 4.78 is 0. The molecule has 1 atom stereocenters. The van der Waals surface area contributed by atoms with Crippen LogP contribution in [-0.2, 0) is 11.2 Å². The highest BCUT2D eigenvalue weighted by molar-refractivity contribution is 5.68. The monoisotopic (exact) mass is 234 g/mol. The Morgan fingerprint density at radius 3 is 3.00 bits per heavy atom. The van der Waals surface area contributed by atoms with Crippen LogP contribution >= 0.6 is 0 Å². The Labute approximate surface area is 101 Å². The summed E-state index contributed by atoms with van der Waals surface area (Å²) in [5.41, 5.74) is 2.10. The third-order valence-electron chi connectivity index (χ3n) is 3.24. The summed E-state index contributed by atoms with van der Waals surface area (Å²) >= 11 is 0. The standard InChI is InChI=1S/C13H18N2O2/c1-8(2)13-14-7-10-5-3-4-9(6-11(16)17)12(10)15-13/h7-9H,3-6H2,1-2H3,(H,16,17). The number of carboxylic acid groups (broad SMARTS) is 1. The van der Waals surface area contributed by atoms with Crippen molar-refractivity contribution in [3.63, 3.8) is 0 Å². The lowest BCUT2D eigenvalue weighted by Gasteiger charge is -2.23. The molecular formula is C13H18N2O2. The van der Waals surface area contributed by atoms with Gasteiger partial charge < -0.3 is 5.11 Å². The van der Waals surface area contributed by atoms with E-state index >= 15 is 0 Å². The van der Waals surface area contributed by atoms with Gasteiger partial charge in [-0.1, -0.05) is 13.8 Å². The maximum absolute atomic E-state index is 10.9. The van der Waals surface area contributed by atoms with Crippen LogP contribution in [0.4, 0.5) is 0 Å². The summed E-state index contributed by atoms with van der Waals surface area (Å²) in [6, 6.07) is 0. The predicted octanol–water partition coefficient (Wildman–Crippen LogP) is 2.49. The van der Waals surface area contributed by atoms with E-state index in [9.17, 15) is 4.79 Å². The Bertz CT molecular complexity index is 429. The van der Waals surface area contributed by atoms with Crippen LogP contribution in [0.15, 0.2) is 6.20 Å². The molecule has 0 saturated carbocycles. The van der Waals surface area contributed by atoms with E-state index in [4.69, 9.17) is 5.11 Å². The van der Waals surface area contributed by atoms with Crippen molar-refractivity contribution in [1.82, 2.24) is 9.97 Å². The molecule has 0 aromatic carbocycles. The summed E-state index contributed by atoms with van der Waals surface area (Å²) in [6.45, 7) is 4.10. The number of fused-ring (bicyclic) bond motifs is 1. The Hall–Kier alpha value is -1.45. The number of aliphatic carboxylic acids is 1. The van der Waals surface area contributed by atoms with Crippen molar-refractivity contribution < 1.29 is 9.90 Å². The van der Waals surface area contributed by atoms with E-state index in [-0.39, 0.29) is 18.3 Å². The van der Waals surface area contributed by atoms with E-state index < -0.39 is 5.97 Å². The molecule has 0 saturated heterocycles. The fourth-order valence-corrected chi connectivity index (χ4v) is 2.34. The van der Waals surface area contributed by atoms with Gasteiger partial charge >= 0.3 is 5.97 Å². The molecule has 0 aliphatic heterocycles. The average molecular weight is 234 g/mol. The highest BCUT2D eigenvalue weighted by Gasteiger charge is 2.25. The Morgan fingerprint density at radius 1 is 1.59 bits per heavy atom. The molecule has 1 heterocycles. The van der Waals surface area contributed by atoms with E-state index in [2.05, 4.69) is 23.8 Å². The van der Waals surface area contributed by atoms with Gasteiger partial charge in [0.1, 0.15) is 5.82 Å². The fraction of sp³-hybridized carbons (Fsp3) is 0.615. The van der Waals surface area contributed by atoms with Crippen LogP contribution in [0.3, 0.4) is 0 Å². The van der Waals surface area contributed by atoms with Crippen LogP contribution in [0.25, 0.3) is 0 Å². The van der Waals surface area contributed by atoms with Crippen LogP contribution in [0.2, 0.25) is 0 Å². The molecule has 1 aromatic heterocycles. The zero-order valence-electron chi connectivity index (χ0n) is 10.3. The summed E-state index contributed by atoms with van der Waals surface area (Å²) in [5, 5.41) is 8.93. The van der Waals surface area contributed by atoms with Crippen LogP contribution in [0.1, 0.15) is 62.0 Å². The normalized spacial score (nSPS) is 19.1. The second kappa shape index (κ2) is 4.82. The molecule has 0 amide bonds. The van der Waals surface area contributed by atoms with Crippen molar-refractivity contribution in [3.8, 4) is 0 Å². The van der Waals surface area contributed by atoms with Crippen LogP contribution in [-0.4, -0.2) is 21.0 Å². The Balaban J connectivity index is 2.33. The van der Waals surface area contributed by atoms with Gasteiger partial charge in [-0.15, -0.1) is 0 Å². The largest absolute Gasteiger partial charge is 0.481 e. The number of hydrogen-bond donors (Lipinski definition) is 1. The van der Waals surface area contributed by atoms with E-state index in [1.807, 2.05) is 6.20 Å². The van der Waals surface area contributed by atoms with Gasteiger partial charge in [-0.3, -0.25) is 4.79 Å². The third kappa shape index (κ3) is 2.62. The zero-order valence-corrected chi connectivity index (χ0v) is 10.3. The van der Waals surface area contributed by atoms with Crippen LogP contribution in [0, 0.1) is 0 Å². The summed E-state index contributed by atoms with van der Waals surface area (Å²) in [6.07, 6.45) is 5.00. The van der Waals surface area contributed by atoms with E-state index in [0.29, 0.717) is 0 Å². The second-order valence-corrected chi connectivity index (χ2v) is 4.98. The molecule has 0 fully saturated rings. The van der Waals surface area contributed by atoms with E-state index in [1.54, 1.807) is 0 Å². The van der Waals surface area contributed by atoms with Crippen molar-refractivity contribution in [2.24, 2.45) is 0 Å². The number of aryl methyl sites for hydroxylation is 1. The van der Waals surface area contributed by atoms with Crippen molar-refractivity contribution in [2.45, 2.75) is 51.4 Å². The molecule has 0 spiro atoms. The first-order valence-electron chi connectivity index (χ1n) is 6.15. The molecular weight excluding hydrogens is 216 g/mol. The van der Waals surface area contributed by atoms with Gasteiger partial charge in [-0.05, 0) is 24.8 Å². The summed E-state index contributed by atoms with van der Waals surface area (Å²) in [4.78, 5) is 19.8. The highest BCUT2D eigenvalue weighted by atomic mass is 16.4. The first-order valence-corrected chi connectivity index (χ1v) is 6.15. The number of aromatic nitrogens is 2. The first-order chi connectivity index (χ1) is 8.08. The highest BCUT2D eigenvalue weighted by Crippen LogP contribution is 2.32. The van der Waals surface area contributed by atoms with Crippen molar-refractivity contribution in [2.75, 3.05) is 0 Å². The third-order valence-corrected chi connectivity index (χ3v) is 3.24. The van der Waals surface area contributed by atoms with E-state index in [0.717, 1.165) is 36.3 Å². The lowest BCUT2D eigenvalue weighted by Crippen LogP contribution is -2.17. The van der Waals surface area contributed by atoms with Gasteiger partial charge in [0.25, 0.3) is 0 Å². The van der Waals surface area contributed by atoms with Crippen LogP contribution < -0.4 is 0 Å². The van der Waals surface area contributed by atoms with Crippen LogP contribution in [0.5, 0.6) is 0 Å². The zero-order chi connectivity index (χ0) is 12.4. The topological polar surface area (TPSA) is 63.1 Å². The van der Waals surface area contributed by atoms with Gasteiger partial charge in [0, 0.05) is 18.0 Å². The number of nitrogens with zero attached hydrogens (tertiary/aromatic N) is 2. The molecule has 1 N–H and O–H groups in total. The molecule has 1 aliphatic carbocycles. The molecule has 1 aromatic rings. The van der Waals surface area contributed by atoms with Gasteiger partial charge in [-0.2, -0.15) is 0 Å². The minimum absolute atomic E-state index is 0.0664. The van der Waals surface area contributed by atoms with Gasteiger partial charge in [0.05, 0.1) is 12.1 Å². The number of hydrogen-bond acceptors (Lipinski definition) is 3. The average Bonchev–Trinajstić information content (AvgIpc) is 2.28. The molecule has 0 bridgehead atoms. The number of carboxylic acids is 1. The molecule has 0 radical (unpaired) electrons. The molecule has 92 valence electrons. The smallest absolute Gasteiger partial charge is 0.304 e. The molecule has 1 aliphatic rings. The Kier molecular flexibility index (Phi) is 3.41. The number of rotatable bonds is 3. The lowest BCUT2D eigenvalue weighted by molar-refractivity contribution is -0.137. The minimum Gasteiger partial charge on any atom is -0.481 e. The summed E-state index contributed by atoms with van der Waals surface area (Å²) in [5.74, 6) is 0.429. The SMILES string of the molecule is CC(C)c1ncc2c(n1)C(CC(=O)O)CCC2. The maximum atomic E-state index is 10.9. The first kappa shape index (κ1) is 12.0.